The van der Waals surface area contributed by atoms with E-state index in [2.05, 4.69) is 0 Å². The van der Waals surface area contributed by atoms with Gasteiger partial charge in [-0.15, -0.1) is 0 Å². The van der Waals surface area contributed by atoms with Crippen LogP contribution < -0.4 is 0 Å². The largest absolute Gasteiger partial charge is 0.458 e. The Balaban J connectivity index is 2.23. The zero-order valence-electron chi connectivity index (χ0n) is 7.29. The molecule has 2 aliphatic rings. The number of hydrogen-bond donors (Lipinski definition) is 0. The Bertz CT molecular complexity index is 258. The predicted octanol–water partition coefficient (Wildman–Crippen LogP) is 0.917. The van der Waals surface area contributed by atoms with Crippen LogP contribution >= 0.6 is 0 Å². The maximum absolute atomic E-state index is 11.1. The molecule has 1 aliphatic heterocycles. The standard InChI is InChI=1S/C9H12O3/c1-5(10)6-3-4-9(2)7(6)8(11)12-9/h6-7H,3-4H2,1-2H3. The lowest BCUT2D eigenvalue weighted by atomic mass is 9.81. The van der Waals surface area contributed by atoms with Crippen LogP contribution in [0, 0.1) is 11.8 Å². The number of carbonyl (C=O) groups is 2. The van der Waals surface area contributed by atoms with Gasteiger partial charge in [0.2, 0.25) is 0 Å². The quantitative estimate of drug-likeness (QED) is 0.547. The van der Waals surface area contributed by atoms with Gasteiger partial charge in [0.1, 0.15) is 17.3 Å². The predicted molar refractivity (Wildman–Crippen MR) is 41.4 cm³/mol. The van der Waals surface area contributed by atoms with E-state index in [0.717, 1.165) is 12.8 Å². The van der Waals surface area contributed by atoms with Crippen LogP contribution in [0.4, 0.5) is 0 Å². The van der Waals surface area contributed by atoms with Crippen LogP contribution in [0.2, 0.25) is 0 Å². The van der Waals surface area contributed by atoms with Gasteiger partial charge in [0.15, 0.2) is 0 Å². The number of carbonyl (C=O) groups excluding carboxylic acids is 2. The first-order chi connectivity index (χ1) is 5.54. The van der Waals surface area contributed by atoms with E-state index in [-0.39, 0.29) is 29.2 Å². The molecule has 0 aromatic carbocycles. The molecule has 0 radical (unpaired) electrons. The molecule has 0 bridgehead atoms. The van der Waals surface area contributed by atoms with Gasteiger partial charge in [-0.2, -0.15) is 0 Å². The zero-order chi connectivity index (χ0) is 8.93. The molecule has 0 amide bonds. The van der Waals surface area contributed by atoms with E-state index in [1.165, 1.54) is 0 Å². The number of fused-ring (bicyclic) bond motifs is 1. The highest BCUT2D eigenvalue weighted by atomic mass is 16.6. The van der Waals surface area contributed by atoms with Crippen molar-refractivity contribution in [2.75, 3.05) is 0 Å². The first kappa shape index (κ1) is 7.77. The number of Topliss-reactive ketones (excluding diaryl/α,β-unsaturated/α-hetero) is 1. The normalized spacial score (nSPS) is 44.7. The number of ether oxygens (including phenoxy) is 1. The first-order valence-corrected chi connectivity index (χ1v) is 4.28. The molecule has 0 aromatic rings. The van der Waals surface area contributed by atoms with E-state index in [9.17, 15) is 9.59 Å². The van der Waals surface area contributed by atoms with Gasteiger partial charge in [-0.3, -0.25) is 9.59 Å². The summed E-state index contributed by atoms with van der Waals surface area (Å²) in [4.78, 5) is 22.2. The highest BCUT2D eigenvalue weighted by Gasteiger charge is 2.61. The van der Waals surface area contributed by atoms with Crippen LogP contribution in [0.1, 0.15) is 26.7 Å². The monoisotopic (exact) mass is 168 g/mol. The molecule has 0 aromatic heterocycles. The van der Waals surface area contributed by atoms with E-state index < -0.39 is 0 Å². The van der Waals surface area contributed by atoms with E-state index in [1.54, 1.807) is 6.92 Å². The molecule has 1 saturated carbocycles. The Morgan fingerprint density at radius 3 is 2.75 bits per heavy atom. The first-order valence-electron chi connectivity index (χ1n) is 4.28. The number of ketones is 1. The van der Waals surface area contributed by atoms with Crippen LogP contribution in [0.5, 0.6) is 0 Å². The van der Waals surface area contributed by atoms with Gasteiger partial charge < -0.3 is 4.74 Å². The summed E-state index contributed by atoms with van der Waals surface area (Å²) in [7, 11) is 0. The summed E-state index contributed by atoms with van der Waals surface area (Å²) >= 11 is 0. The van der Waals surface area contributed by atoms with Crippen molar-refractivity contribution in [3.05, 3.63) is 0 Å². The fraction of sp³-hybridized carbons (Fsp3) is 0.778. The molecule has 3 heteroatoms. The minimum Gasteiger partial charge on any atom is -0.458 e. The van der Waals surface area contributed by atoms with Gasteiger partial charge in [0.25, 0.3) is 0 Å². The second kappa shape index (κ2) is 2.09. The summed E-state index contributed by atoms with van der Waals surface area (Å²) in [5.41, 5.74) is -0.312. The lowest BCUT2D eigenvalue weighted by Crippen LogP contribution is -2.54. The highest BCUT2D eigenvalue weighted by Crippen LogP contribution is 2.50. The van der Waals surface area contributed by atoms with E-state index in [4.69, 9.17) is 4.74 Å². The maximum atomic E-state index is 11.1. The molecule has 12 heavy (non-hydrogen) atoms. The Morgan fingerprint density at radius 2 is 2.33 bits per heavy atom. The Labute approximate surface area is 71.1 Å². The summed E-state index contributed by atoms with van der Waals surface area (Å²) in [5, 5.41) is 0. The smallest absolute Gasteiger partial charge is 0.314 e. The van der Waals surface area contributed by atoms with Gasteiger partial charge in [0, 0.05) is 5.92 Å². The van der Waals surface area contributed by atoms with Gasteiger partial charge in [-0.1, -0.05) is 0 Å². The van der Waals surface area contributed by atoms with E-state index in [0.29, 0.717) is 0 Å². The second-order valence-corrected chi connectivity index (χ2v) is 3.97. The number of esters is 1. The summed E-state index contributed by atoms with van der Waals surface area (Å²) in [6.45, 7) is 3.48. The molecule has 2 fully saturated rings. The van der Waals surface area contributed by atoms with Crippen LogP contribution in [-0.4, -0.2) is 17.4 Å². The van der Waals surface area contributed by atoms with Crippen LogP contribution in [0.15, 0.2) is 0 Å². The Kier molecular flexibility index (Phi) is 1.35. The van der Waals surface area contributed by atoms with Crippen LogP contribution in [-0.2, 0) is 14.3 Å². The molecule has 66 valence electrons. The fourth-order valence-corrected chi connectivity index (χ4v) is 2.39. The van der Waals surface area contributed by atoms with Crippen molar-refractivity contribution in [2.45, 2.75) is 32.3 Å². The van der Waals surface area contributed by atoms with Crippen molar-refractivity contribution in [3.8, 4) is 0 Å². The van der Waals surface area contributed by atoms with Gasteiger partial charge in [-0.25, -0.2) is 0 Å². The third-order valence-electron chi connectivity index (χ3n) is 3.12. The zero-order valence-corrected chi connectivity index (χ0v) is 7.29. The van der Waals surface area contributed by atoms with Crippen molar-refractivity contribution in [1.29, 1.82) is 0 Å². The number of rotatable bonds is 1. The lowest BCUT2D eigenvalue weighted by Gasteiger charge is -2.41. The molecule has 3 unspecified atom stereocenters. The van der Waals surface area contributed by atoms with Crippen LogP contribution in [0.3, 0.4) is 0 Å². The summed E-state index contributed by atoms with van der Waals surface area (Å²) in [5.74, 6) is -0.276. The van der Waals surface area contributed by atoms with E-state index >= 15 is 0 Å². The minimum atomic E-state index is -0.312. The Morgan fingerprint density at radius 1 is 1.67 bits per heavy atom. The molecule has 2 rings (SSSR count). The minimum absolute atomic E-state index is 0.0729. The van der Waals surface area contributed by atoms with E-state index in [1.807, 2.05) is 6.92 Å². The summed E-state index contributed by atoms with van der Waals surface area (Å²) in [6, 6.07) is 0. The molecule has 0 spiro atoms. The maximum Gasteiger partial charge on any atom is 0.314 e. The average Bonchev–Trinajstić information content (AvgIpc) is 2.22. The molecule has 0 N–H and O–H groups in total. The van der Waals surface area contributed by atoms with Gasteiger partial charge >= 0.3 is 5.97 Å². The average molecular weight is 168 g/mol. The fourth-order valence-electron chi connectivity index (χ4n) is 2.39. The molecule has 1 heterocycles. The molecular weight excluding hydrogens is 156 g/mol. The third-order valence-corrected chi connectivity index (χ3v) is 3.12. The molecular formula is C9H12O3. The topological polar surface area (TPSA) is 43.4 Å². The molecule has 1 saturated heterocycles. The second-order valence-electron chi connectivity index (χ2n) is 3.97. The van der Waals surface area contributed by atoms with Gasteiger partial charge in [0.05, 0.1) is 0 Å². The Hall–Kier alpha value is -0.860. The van der Waals surface area contributed by atoms with Crippen molar-refractivity contribution in [3.63, 3.8) is 0 Å². The van der Waals surface area contributed by atoms with Crippen molar-refractivity contribution in [2.24, 2.45) is 11.8 Å². The molecule has 1 aliphatic carbocycles. The summed E-state index contributed by atoms with van der Waals surface area (Å²) in [6.07, 6.45) is 1.65. The third kappa shape index (κ3) is 0.765. The van der Waals surface area contributed by atoms with Crippen molar-refractivity contribution in [1.82, 2.24) is 0 Å². The summed E-state index contributed by atoms with van der Waals surface area (Å²) < 4.78 is 5.04. The molecule has 3 nitrogen and oxygen atoms in total. The van der Waals surface area contributed by atoms with Crippen LogP contribution in [0.25, 0.3) is 0 Å². The highest BCUT2D eigenvalue weighted by molar-refractivity contribution is 5.90. The van der Waals surface area contributed by atoms with Crippen molar-refractivity contribution >= 4 is 11.8 Å². The molecule has 3 atom stereocenters. The lowest BCUT2D eigenvalue weighted by molar-refractivity contribution is -0.206. The number of hydrogen-bond acceptors (Lipinski definition) is 3. The van der Waals surface area contributed by atoms with Crippen molar-refractivity contribution < 1.29 is 14.3 Å². The SMILES string of the molecule is CC(=O)C1CCC2(C)OC(=O)C12. The van der Waals surface area contributed by atoms with Gasteiger partial charge in [-0.05, 0) is 26.7 Å².